The summed E-state index contributed by atoms with van der Waals surface area (Å²) in [6, 6.07) is 23.4. The fourth-order valence-corrected chi connectivity index (χ4v) is 6.40. The number of pyridine rings is 2. The molecule has 9 rings (SSSR count). The molecule has 6 aromatic heterocycles. The van der Waals surface area contributed by atoms with Crippen LogP contribution in [-0.4, -0.2) is 75.8 Å². The van der Waals surface area contributed by atoms with Crippen molar-refractivity contribution in [3.63, 3.8) is 0 Å². The van der Waals surface area contributed by atoms with Crippen LogP contribution in [0.2, 0.25) is 0 Å². The van der Waals surface area contributed by atoms with Crippen LogP contribution in [0, 0.1) is 0 Å². The third kappa shape index (κ3) is 15.7. The lowest BCUT2D eigenvalue weighted by Gasteiger charge is -2.07. The van der Waals surface area contributed by atoms with Crippen LogP contribution < -0.4 is 20.9 Å². The Morgan fingerprint density at radius 3 is 1.68 bits per heavy atom. The van der Waals surface area contributed by atoms with Crippen molar-refractivity contribution < 1.29 is 34.4 Å². The molecule has 9 aromatic rings. The number of nitrogens with one attached hydrogen (secondary N) is 1. The van der Waals surface area contributed by atoms with Crippen LogP contribution in [0.5, 0.6) is 17.2 Å². The van der Waals surface area contributed by atoms with E-state index < -0.39 is 11.9 Å². The highest BCUT2D eigenvalue weighted by atomic mass is 79.9. The van der Waals surface area contributed by atoms with Crippen molar-refractivity contribution in [2.45, 2.75) is 19.1 Å². The second-order valence-corrected chi connectivity index (χ2v) is 16.1. The number of benzene rings is 3. The summed E-state index contributed by atoms with van der Waals surface area (Å²) in [5, 5.41) is 26.0. The number of carboxylic acid groups (broad SMARTS) is 2. The van der Waals surface area contributed by atoms with Gasteiger partial charge < -0.3 is 54.9 Å². The Morgan fingerprint density at radius 2 is 1.19 bits per heavy atom. The maximum atomic E-state index is 10.8. The largest absolute Gasteiger partial charge is 0.508 e. The lowest BCUT2D eigenvalue weighted by Crippen LogP contribution is -2.03. The highest BCUT2D eigenvalue weighted by Crippen LogP contribution is 2.25. The number of anilines is 2. The number of halogens is 3. The number of H-pyrrole nitrogens is 1. The van der Waals surface area contributed by atoms with Gasteiger partial charge in [-0.3, -0.25) is 0 Å². The zero-order valence-electron chi connectivity index (χ0n) is 36.6. The normalized spacial score (nSPS) is 10.2. The first-order chi connectivity index (χ1) is 32.6. The van der Waals surface area contributed by atoms with Crippen LogP contribution in [-0.2, 0) is 40.2 Å². The molecular weight excluding hydrogens is 1030 g/mol. The van der Waals surface area contributed by atoms with E-state index >= 15 is 0 Å². The number of rotatable bonds is 10. The molecule has 0 aliphatic carbocycles. The molecule has 6 heterocycles. The van der Waals surface area contributed by atoms with Gasteiger partial charge in [-0.05, 0) is 92.5 Å². The smallest absolute Gasteiger partial charge is 0.335 e. The Kier molecular flexibility index (Phi) is 19.0. The van der Waals surface area contributed by atoms with Gasteiger partial charge in [0.2, 0.25) is 0 Å². The molecule has 352 valence electrons. The minimum Gasteiger partial charge on any atom is -0.508 e. The van der Waals surface area contributed by atoms with Crippen LogP contribution in [0.15, 0.2) is 143 Å². The van der Waals surface area contributed by atoms with Crippen LogP contribution in [0.3, 0.4) is 0 Å². The third-order valence-corrected chi connectivity index (χ3v) is 10.2. The number of carboxylic acids is 2. The lowest BCUT2D eigenvalue weighted by atomic mass is 10.2. The summed E-state index contributed by atoms with van der Waals surface area (Å²) in [5.41, 5.74) is 14.1. The molecule has 68 heavy (non-hydrogen) atoms. The monoisotopic (exact) mass is 1070 g/mol. The summed E-state index contributed by atoms with van der Waals surface area (Å²) in [6.45, 7) is 0.730. The summed E-state index contributed by atoms with van der Waals surface area (Å²) in [6.07, 6.45) is 14.1. The second kappa shape index (κ2) is 25.2. The molecule has 19 nitrogen and oxygen atoms in total. The number of phenolic OH excluding ortho intramolecular Hbond substituents is 1. The summed E-state index contributed by atoms with van der Waals surface area (Å²) in [4.78, 5) is 49.2. The number of hydrogen-bond acceptors (Lipinski definition) is 13. The minimum absolute atomic E-state index is 0.0279. The fraction of sp³-hybridized carbons (Fsp3) is 0.130. The van der Waals surface area contributed by atoms with Gasteiger partial charge in [0.15, 0.2) is 5.65 Å². The third-order valence-electron chi connectivity index (χ3n) is 9.12. The lowest BCUT2D eigenvalue weighted by molar-refractivity contribution is 0.0685. The van der Waals surface area contributed by atoms with Crippen molar-refractivity contribution in [1.82, 2.24) is 48.6 Å². The standard InChI is InChI=1S/C17H14BrN5O.C12H12N2O3.C7H6O3.C5H6BrN3.C5H7ClN2/c1-23-6-5-19-15(23)10-24-13-4-2-3-11(7-13)16-21-14-8-12(18)9-20-17(14)22-16;1-14-6-5-13-11(14)8-17-10-4-2-3-9(7-10)12(15)16;8-6-3-1-2-5(4-6)7(9)10;6-3-1-4(7)5(8)9-2-3;1-8-3-2-7-5(8)4-6/h2-9H,10H2,1H3,(H,20,21,22);2-7H,8H2,1H3,(H,15,16);1-4,8H,(H,9,10);1-2H,7H2,(H2,8,9);2-3H,4H2,1H3. The number of fused-ring (bicyclic) bond motifs is 1. The van der Waals surface area contributed by atoms with E-state index in [0.717, 1.165) is 49.1 Å². The van der Waals surface area contributed by atoms with E-state index in [4.69, 9.17) is 47.9 Å². The fourth-order valence-electron chi connectivity index (χ4n) is 5.46. The maximum Gasteiger partial charge on any atom is 0.335 e. The number of aromatic carboxylic acids is 2. The molecule has 0 atom stereocenters. The number of nitrogen functional groups attached to an aromatic ring is 2. The van der Waals surface area contributed by atoms with Crippen LogP contribution in [0.4, 0.5) is 11.5 Å². The zero-order valence-corrected chi connectivity index (χ0v) is 40.5. The van der Waals surface area contributed by atoms with E-state index in [9.17, 15) is 9.59 Å². The molecular formula is C46H45Br2ClN12O7. The molecule has 8 N–H and O–H groups in total. The van der Waals surface area contributed by atoms with Crippen LogP contribution >= 0.6 is 43.5 Å². The van der Waals surface area contributed by atoms with Crippen molar-refractivity contribution in [2.75, 3.05) is 11.5 Å². The van der Waals surface area contributed by atoms with Crippen molar-refractivity contribution in [2.24, 2.45) is 21.1 Å². The molecule has 0 bridgehead atoms. The zero-order chi connectivity index (χ0) is 49.2. The SMILES string of the molecule is Cn1ccnc1CCl.Cn1ccnc1COc1cccc(-c2nc3ncc(Br)cc3[nH]2)c1.Cn1ccnc1COc1cccc(C(=O)O)c1.Nc1cc(Br)cnc1N.O=C(O)c1cccc(O)c1. The summed E-state index contributed by atoms with van der Waals surface area (Å²) in [7, 11) is 5.74. The Bertz CT molecular complexity index is 3070. The van der Waals surface area contributed by atoms with E-state index in [-0.39, 0.29) is 16.9 Å². The number of nitrogens with zero attached hydrogens (tertiary/aromatic N) is 9. The molecule has 0 fully saturated rings. The summed E-state index contributed by atoms with van der Waals surface area (Å²) < 4.78 is 18.8. The van der Waals surface area contributed by atoms with E-state index in [1.807, 2.05) is 83.8 Å². The Hall–Kier alpha value is -7.75. The van der Waals surface area contributed by atoms with Gasteiger partial charge >= 0.3 is 11.9 Å². The van der Waals surface area contributed by atoms with Gasteiger partial charge in [-0.25, -0.2) is 39.5 Å². The maximum absolute atomic E-state index is 10.8. The average molecular weight is 1070 g/mol. The highest BCUT2D eigenvalue weighted by Gasteiger charge is 2.09. The molecule has 0 saturated heterocycles. The molecule has 0 radical (unpaired) electrons. The molecule has 0 spiro atoms. The number of hydrogen-bond donors (Lipinski definition) is 6. The number of phenols is 1. The Labute approximate surface area is 411 Å². The van der Waals surface area contributed by atoms with Gasteiger partial charge in [0, 0.05) is 85.2 Å². The Balaban J connectivity index is 0.000000171. The second-order valence-electron chi connectivity index (χ2n) is 14.0. The summed E-state index contributed by atoms with van der Waals surface area (Å²) in [5.74, 6) is 3.46. The molecule has 3 aromatic carbocycles. The number of ether oxygens (including phenoxy) is 2. The highest BCUT2D eigenvalue weighted by molar-refractivity contribution is 9.10. The van der Waals surface area contributed by atoms with Crippen LogP contribution in [0.25, 0.3) is 22.6 Å². The molecule has 0 amide bonds. The number of alkyl halides is 1. The van der Waals surface area contributed by atoms with Gasteiger partial charge in [-0.1, -0.05) is 24.3 Å². The number of nitrogens with two attached hydrogens (primary N) is 2. The van der Waals surface area contributed by atoms with Crippen LogP contribution in [0.1, 0.15) is 38.2 Å². The predicted octanol–water partition coefficient (Wildman–Crippen LogP) is 8.66. The molecule has 0 saturated carbocycles. The predicted molar refractivity (Wildman–Crippen MR) is 264 cm³/mol. The number of carbonyl (C=O) groups is 2. The van der Waals surface area contributed by atoms with E-state index in [2.05, 4.69) is 66.7 Å². The molecule has 22 heteroatoms. The minimum atomic E-state index is -1.03. The van der Waals surface area contributed by atoms with Gasteiger partial charge in [-0.2, -0.15) is 0 Å². The molecule has 0 aliphatic rings. The number of imidazole rings is 4. The first kappa shape index (κ1) is 51.2. The number of aromatic amines is 1. The van der Waals surface area contributed by atoms with Gasteiger partial charge in [-0.15, -0.1) is 11.6 Å². The van der Waals surface area contributed by atoms with Gasteiger partial charge in [0.25, 0.3) is 0 Å². The van der Waals surface area contributed by atoms with E-state index in [1.165, 1.54) is 36.4 Å². The van der Waals surface area contributed by atoms with E-state index in [1.54, 1.807) is 49.2 Å². The molecule has 0 aliphatic heterocycles. The first-order valence-corrected chi connectivity index (χ1v) is 22.1. The topological polar surface area (TPSA) is 273 Å². The summed E-state index contributed by atoms with van der Waals surface area (Å²) >= 11 is 12.1. The van der Waals surface area contributed by atoms with Gasteiger partial charge in [0.05, 0.1) is 28.2 Å². The van der Waals surface area contributed by atoms with Crippen molar-refractivity contribution in [3.05, 3.63) is 172 Å². The quantitative estimate of drug-likeness (QED) is 0.0699. The van der Waals surface area contributed by atoms with Crippen molar-refractivity contribution in [3.8, 4) is 28.6 Å². The Morgan fingerprint density at radius 1 is 0.676 bits per heavy atom. The first-order valence-electron chi connectivity index (χ1n) is 19.9. The van der Waals surface area contributed by atoms with Crippen molar-refractivity contribution in [1.29, 1.82) is 0 Å². The van der Waals surface area contributed by atoms with E-state index in [0.29, 0.717) is 42.0 Å². The average Bonchev–Trinajstić information content (AvgIpc) is 4.15. The van der Waals surface area contributed by atoms with Crippen molar-refractivity contribution >= 4 is 78.1 Å². The van der Waals surface area contributed by atoms with Gasteiger partial charge in [0.1, 0.15) is 59.6 Å². The molecule has 0 unspecified atom stereocenters. The number of aryl methyl sites for hydroxylation is 3. The number of aromatic nitrogens is 10. The number of aromatic hydroxyl groups is 1.